The van der Waals surface area contributed by atoms with Crippen LogP contribution in [-0.2, 0) is 27.8 Å². The lowest BCUT2D eigenvalue weighted by Crippen LogP contribution is -2.34. The smallest absolute Gasteiger partial charge is 0.246 e. The first kappa shape index (κ1) is 20.8. The van der Waals surface area contributed by atoms with Crippen LogP contribution >= 0.6 is 15.9 Å². The van der Waals surface area contributed by atoms with Crippen molar-refractivity contribution in [1.29, 1.82) is 0 Å². The van der Waals surface area contributed by atoms with E-state index in [1.807, 2.05) is 17.0 Å². The van der Waals surface area contributed by atoms with E-state index in [4.69, 9.17) is 0 Å². The Balaban J connectivity index is 1.48. The molecular weight excluding hydrogens is 466 g/mol. The van der Waals surface area contributed by atoms with Crippen LogP contribution in [0.2, 0.25) is 0 Å². The third-order valence-electron chi connectivity index (χ3n) is 5.21. The van der Waals surface area contributed by atoms with Crippen LogP contribution in [0.15, 0.2) is 57.9 Å². The normalized spacial score (nSPS) is 14.4. The molecule has 0 fully saturated rings. The molecule has 2 heterocycles. The van der Waals surface area contributed by atoms with Crippen molar-refractivity contribution in [2.45, 2.75) is 24.8 Å². The van der Waals surface area contributed by atoms with Gasteiger partial charge in [0, 0.05) is 53.2 Å². The van der Waals surface area contributed by atoms with Gasteiger partial charge in [0.2, 0.25) is 15.9 Å². The topological polar surface area (TPSA) is 82.3 Å². The third kappa shape index (κ3) is 4.08. The van der Waals surface area contributed by atoms with Crippen molar-refractivity contribution in [3.8, 4) is 0 Å². The molecule has 0 aliphatic carbocycles. The highest BCUT2D eigenvalue weighted by atomic mass is 79.9. The van der Waals surface area contributed by atoms with E-state index in [0.717, 1.165) is 32.9 Å². The van der Waals surface area contributed by atoms with Crippen LogP contribution < -0.4 is 4.72 Å². The molecule has 0 spiro atoms. The van der Waals surface area contributed by atoms with Crippen LogP contribution in [0.3, 0.4) is 0 Å². The second-order valence-corrected chi connectivity index (χ2v) is 9.78. The first-order valence-corrected chi connectivity index (χ1v) is 12.0. The van der Waals surface area contributed by atoms with Crippen LogP contribution in [0.25, 0.3) is 17.0 Å². The summed E-state index contributed by atoms with van der Waals surface area (Å²) in [6.45, 7) is 3.29. The van der Waals surface area contributed by atoms with E-state index in [1.54, 1.807) is 43.3 Å². The number of sulfonamides is 1. The number of para-hydroxylation sites is 1. The number of benzene rings is 2. The molecule has 8 heteroatoms. The van der Waals surface area contributed by atoms with Gasteiger partial charge in [0.1, 0.15) is 0 Å². The van der Waals surface area contributed by atoms with Crippen molar-refractivity contribution in [1.82, 2.24) is 14.6 Å². The number of nitrogens with zero attached hydrogens (tertiary/aromatic N) is 1. The number of carbonyl (C=O) groups is 1. The molecule has 0 atom stereocenters. The summed E-state index contributed by atoms with van der Waals surface area (Å²) in [6, 6.07) is 12.5. The third-order valence-corrected chi connectivity index (χ3v) is 7.44. The highest BCUT2D eigenvalue weighted by molar-refractivity contribution is 9.10. The predicted octanol–water partition coefficient (Wildman–Crippen LogP) is 3.83. The first-order valence-electron chi connectivity index (χ1n) is 9.73. The SMILES string of the molecule is CCNS(=O)(=O)c1ccc(/C=C/C(=O)N2CCc3[nH]c4c(Br)cccc4c3C2)cc1. The van der Waals surface area contributed by atoms with Gasteiger partial charge in [-0.1, -0.05) is 31.2 Å². The number of carbonyl (C=O) groups excluding carboxylic acids is 1. The van der Waals surface area contributed by atoms with E-state index in [1.165, 1.54) is 5.69 Å². The highest BCUT2D eigenvalue weighted by Crippen LogP contribution is 2.31. The molecule has 2 N–H and O–H groups in total. The average molecular weight is 488 g/mol. The minimum atomic E-state index is -3.48. The maximum Gasteiger partial charge on any atom is 0.246 e. The monoisotopic (exact) mass is 487 g/mol. The van der Waals surface area contributed by atoms with Gasteiger partial charge < -0.3 is 9.88 Å². The Morgan fingerprint density at radius 2 is 2.00 bits per heavy atom. The lowest BCUT2D eigenvalue weighted by Gasteiger charge is -2.26. The lowest BCUT2D eigenvalue weighted by atomic mass is 10.0. The Morgan fingerprint density at radius 3 is 2.73 bits per heavy atom. The van der Waals surface area contributed by atoms with E-state index in [0.29, 0.717) is 19.6 Å². The molecule has 1 aliphatic heterocycles. The Morgan fingerprint density at radius 1 is 1.23 bits per heavy atom. The van der Waals surface area contributed by atoms with Gasteiger partial charge in [-0.15, -0.1) is 0 Å². The molecule has 30 heavy (non-hydrogen) atoms. The lowest BCUT2D eigenvalue weighted by molar-refractivity contribution is -0.126. The first-order chi connectivity index (χ1) is 14.4. The van der Waals surface area contributed by atoms with Gasteiger partial charge in [-0.25, -0.2) is 13.1 Å². The molecule has 4 rings (SSSR count). The summed E-state index contributed by atoms with van der Waals surface area (Å²) in [4.78, 5) is 18.2. The number of rotatable bonds is 5. The highest BCUT2D eigenvalue weighted by Gasteiger charge is 2.23. The average Bonchev–Trinajstić information content (AvgIpc) is 3.12. The molecule has 0 saturated heterocycles. The van der Waals surface area contributed by atoms with Crippen molar-refractivity contribution in [3.63, 3.8) is 0 Å². The number of hydrogen-bond acceptors (Lipinski definition) is 3. The van der Waals surface area contributed by atoms with Gasteiger partial charge in [0.05, 0.1) is 10.4 Å². The second-order valence-electron chi connectivity index (χ2n) is 7.16. The van der Waals surface area contributed by atoms with Gasteiger partial charge in [-0.3, -0.25) is 4.79 Å². The second kappa shape index (κ2) is 8.37. The fourth-order valence-corrected chi connectivity index (χ4v) is 5.20. The molecule has 1 aromatic heterocycles. The fourth-order valence-electron chi connectivity index (χ4n) is 3.69. The molecule has 6 nitrogen and oxygen atoms in total. The summed E-state index contributed by atoms with van der Waals surface area (Å²) in [5, 5.41) is 1.14. The number of amides is 1. The molecule has 1 aliphatic rings. The summed E-state index contributed by atoms with van der Waals surface area (Å²) in [7, 11) is -3.48. The zero-order chi connectivity index (χ0) is 21.3. The minimum Gasteiger partial charge on any atom is -0.357 e. The van der Waals surface area contributed by atoms with Crippen molar-refractivity contribution in [2.75, 3.05) is 13.1 Å². The molecule has 156 valence electrons. The predicted molar refractivity (Wildman–Crippen MR) is 121 cm³/mol. The van der Waals surface area contributed by atoms with Crippen molar-refractivity contribution in [2.24, 2.45) is 0 Å². The number of nitrogens with one attached hydrogen (secondary N) is 2. The van der Waals surface area contributed by atoms with Gasteiger partial charge >= 0.3 is 0 Å². The Bertz CT molecular complexity index is 1230. The summed E-state index contributed by atoms with van der Waals surface area (Å²) < 4.78 is 27.5. The van der Waals surface area contributed by atoms with Crippen molar-refractivity contribution >= 4 is 48.8 Å². The van der Waals surface area contributed by atoms with E-state index in [2.05, 4.69) is 31.7 Å². The number of aromatic nitrogens is 1. The zero-order valence-corrected chi connectivity index (χ0v) is 18.9. The maximum atomic E-state index is 12.7. The largest absolute Gasteiger partial charge is 0.357 e. The van der Waals surface area contributed by atoms with E-state index in [-0.39, 0.29) is 10.8 Å². The quantitative estimate of drug-likeness (QED) is 0.536. The molecule has 0 bridgehead atoms. The number of hydrogen-bond donors (Lipinski definition) is 2. The van der Waals surface area contributed by atoms with Gasteiger partial charge in [-0.2, -0.15) is 0 Å². The van der Waals surface area contributed by atoms with E-state index < -0.39 is 10.0 Å². The number of halogens is 1. The molecule has 1 amide bonds. The van der Waals surface area contributed by atoms with Crippen LogP contribution in [0.1, 0.15) is 23.7 Å². The summed E-state index contributed by atoms with van der Waals surface area (Å²) in [6.07, 6.45) is 4.05. The Kier molecular flexibility index (Phi) is 5.81. The molecule has 3 aromatic rings. The fraction of sp³-hybridized carbons (Fsp3) is 0.227. The minimum absolute atomic E-state index is 0.0608. The standard InChI is InChI=1S/C22H22BrN3O3S/c1-2-24-30(28,29)16-9-6-15(7-10-16)8-11-21(27)26-13-12-20-18(14-26)17-4-3-5-19(23)22(17)25-20/h3-11,24-25H,2,12-14H2,1H3/b11-8+. The van der Waals surface area contributed by atoms with Crippen LogP contribution in [-0.4, -0.2) is 37.3 Å². The van der Waals surface area contributed by atoms with Crippen molar-refractivity contribution in [3.05, 3.63) is 69.8 Å². The number of H-pyrrole nitrogens is 1. The van der Waals surface area contributed by atoms with E-state index >= 15 is 0 Å². The van der Waals surface area contributed by atoms with Crippen LogP contribution in [0.4, 0.5) is 0 Å². The summed E-state index contributed by atoms with van der Waals surface area (Å²) in [5.41, 5.74) is 4.19. The van der Waals surface area contributed by atoms with Crippen molar-refractivity contribution < 1.29 is 13.2 Å². The number of aromatic amines is 1. The zero-order valence-electron chi connectivity index (χ0n) is 16.5. The Labute approximate surface area is 184 Å². The van der Waals surface area contributed by atoms with Gasteiger partial charge in [0.15, 0.2) is 0 Å². The van der Waals surface area contributed by atoms with Crippen LogP contribution in [0, 0.1) is 0 Å². The molecule has 0 radical (unpaired) electrons. The summed E-state index contributed by atoms with van der Waals surface area (Å²) in [5.74, 6) is -0.0608. The molecule has 2 aromatic carbocycles. The molecular formula is C22H22BrN3O3S. The Hall–Kier alpha value is -2.42. The van der Waals surface area contributed by atoms with Crippen LogP contribution in [0.5, 0.6) is 0 Å². The molecule has 0 unspecified atom stereocenters. The van der Waals surface area contributed by atoms with Gasteiger partial charge in [0.25, 0.3) is 0 Å². The van der Waals surface area contributed by atoms with Gasteiger partial charge in [-0.05, 0) is 45.8 Å². The maximum absolute atomic E-state index is 12.7. The van der Waals surface area contributed by atoms with E-state index in [9.17, 15) is 13.2 Å². The summed E-state index contributed by atoms with van der Waals surface area (Å²) >= 11 is 3.58. The molecule has 0 saturated carbocycles. The number of fused-ring (bicyclic) bond motifs is 3.